The Balaban J connectivity index is 0.000000167. The van der Waals surface area contributed by atoms with Crippen molar-refractivity contribution < 1.29 is 97.1 Å². The van der Waals surface area contributed by atoms with E-state index in [1.807, 2.05) is 67.1 Å². The number of nitrogens with two attached hydrogens (primary N) is 2. The molecule has 1 aliphatic rings. The molecule has 43 heteroatoms. The van der Waals surface area contributed by atoms with Gasteiger partial charge >= 0.3 is 27.7 Å². The molecule has 18 rings (SSSR count). The number of hydrogen-bond acceptors (Lipinski definition) is 32. The van der Waals surface area contributed by atoms with Crippen molar-refractivity contribution in [2.24, 2.45) is 0 Å². The summed E-state index contributed by atoms with van der Waals surface area (Å²) in [6.45, 7) is 22.4. The average molecular weight is 2390 g/mol. The number of fused-ring (bicyclic) bond motifs is 11. The van der Waals surface area contributed by atoms with Gasteiger partial charge in [0.2, 0.25) is 11.6 Å². The molecule has 1 aliphatic heterocycles. The Bertz CT molecular complexity index is 7170. The van der Waals surface area contributed by atoms with Crippen LogP contribution >= 0.6 is 187 Å². The summed E-state index contributed by atoms with van der Waals surface area (Å²) in [6.07, 6.45) is 13.3. The van der Waals surface area contributed by atoms with E-state index in [0.29, 0.717) is 145 Å². The second kappa shape index (κ2) is 47.8. The van der Waals surface area contributed by atoms with Gasteiger partial charge in [0.25, 0.3) is 0 Å². The number of anilines is 3. The molecule has 17 aromatic rings. The first kappa shape index (κ1) is 108. The van der Waals surface area contributed by atoms with Crippen LogP contribution < -0.4 is 40.5 Å². The Kier molecular flexibility index (Phi) is 38.4. The number of thiazole rings is 5. The summed E-state index contributed by atoms with van der Waals surface area (Å²) < 4.78 is 85.2. The van der Waals surface area contributed by atoms with E-state index < -0.39 is 20.0 Å². The van der Waals surface area contributed by atoms with Gasteiger partial charge in [0.05, 0.1) is 153 Å². The number of halogens is 9. The molecule has 11 aromatic heterocycles. The number of phenolic OH excluding ortho intramolecular Hbond substituents is 1. The fourth-order valence-corrected chi connectivity index (χ4v) is 21.2. The number of nitrogens with zero attached hydrogens (tertiary/aromatic N) is 6. The van der Waals surface area contributed by atoms with E-state index in [1.165, 1.54) is 24.3 Å². The van der Waals surface area contributed by atoms with Crippen molar-refractivity contribution in [3.8, 4) is 55.5 Å². The molecule has 27 nitrogen and oxygen atoms in total. The Morgan fingerprint density at radius 3 is 1.39 bits per heavy atom. The number of aldehydes is 1. The topological polar surface area (TPSA) is 393 Å². The van der Waals surface area contributed by atoms with Crippen LogP contribution in [0, 0.1) is 0 Å². The SMILES string of the molecule is C.CC(C)c1ncc(C=O)s1.COc1ccc2oc(C(=O)/C=C/c3cnc(C(C)C)s3)c(N)c2c1Br.COc1ccc2oc(C(C)=O)c(N)c2c1Br.COc1ccc2oc3c(Cl)cc(-c4cnc(C(C)C)s4)nc3c2c1Br.COc1ccc2oc3c(O)cc(-c4cnc(C(C)C)s4)cc3c2c1Br.COc1ccc2oc3c(c2c1Br)NC(c1cnc(C(C)C)s1)CC3=O.O=P(Cl)(Cl)Cl.[O]=[Mn]=[O]. The van der Waals surface area contributed by atoms with Crippen molar-refractivity contribution in [3.63, 3.8) is 0 Å². The number of rotatable bonds is 18. The minimum absolute atomic E-state index is 0. The number of carbonyl (C=O) groups is 4. The predicted molar refractivity (Wildman–Crippen MR) is 557 cm³/mol. The van der Waals surface area contributed by atoms with Crippen LogP contribution in [-0.2, 0) is 27.1 Å². The van der Waals surface area contributed by atoms with Gasteiger partial charge in [0.1, 0.15) is 62.2 Å². The van der Waals surface area contributed by atoms with Crippen LogP contribution in [-0.4, -0.2) is 94.2 Å². The Morgan fingerprint density at radius 1 is 0.541 bits per heavy atom. The van der Waals surface area contributed by atoms with Gasteiger partial charge in [-0.2, -0.15) is 0 Å². The zero-order valence-corrected chi connectivity index (χ0v) is 90.9. The molecule has 0 fully saturated rings. The first-order chi connectivity index (χ1) is 63.6. The Morgan fingerprint density at radius 2 is 0.933 bits per heavy atom. The summed E-state index contributed by atoms with van der Waals surface area (Å²) in [5.74, 6) is 5.66. The summed E-state index contributed by atoms with van der Waals surface area (Å²) in [5, 5.41) is 21.3. The number of ketones is 3. The minimum atomic E-state index is -3.22. The fraction of sp³-hybridized carbons (Fsp3) is 0.261. The number of hydrogen-bond donors (Lipinski definition) is 4. The van der Waals surface area contributed by atoms with E-state index in [9.17, 15) is 28.8 Å². The van der Waals surface area contributed by atoms with Crippen LogP contribution in [0.15, 0.2) is 160 Å². The van der Waals surface area contributed by atoms with Gasteiger partial charge in [-0.3, -0.25) is 23.7 Å². The molecule has 135 heavy (non-hydrogen) atoms. The quantitative estimate of drug-likeness (QED) is 0.0204. The summed E-state index contributed by atoms with van der Waals surface area (Å²) in [5.41, 5.74) is 20.0. The zero-order chi connectivity index (χ0) is 97.9. The second-order valence-corrected chi connectivity index (χ2v) is 47.0. The van der Waals surface area contributed by atoms with Gasteiger partial charge in [0.15, 0.2) is 46.3 Å². The number of benzene rings is 6. The molecule has 0 aliphatic carbocycles. The van der Waals surface area contributed by atoms with Gasteiger partial charge < -0.3 is 67.7 Å². The number of phenols is 1. The number of Topliss-reactive ketones (excluding diaryl/α,β-unsaturated/α-hetero) is 2. The monoisotopic (exact) mass is 2390 g/mol. The molecule has 0 spiro atoms. The number of nitrogen functional groups attached to an aromatic ring is 2. The average Bonchev–Trinajstić information content (AvgIpc) is 1.61. The van der Waals surface area contributed by atoms with E-state index in [2.05, 4.69) is 213 Å². The molecule has 6 aromatic carbocycles. The molecule has 12 heterocycles. The van der Waals surface area contributed by atoms with Gasteiger partial charge in [-0.25, -0.2) is 29.9 Å². The molecule has 713 valence electrons. The van der Waals surface area contributed by atoms with Crippen LogP contribution in [0.5, 0.6) is 34.5 Å². The molecule has 1 unspecified atom stereocenters. The normalized spacial score (nSPS) is 12.2. The van der Waals surface area contributed by atoms with Crippen molar-refractivity contribution in [1.82, 2.24) is 29.9 Å². The molecule has 0 saturated carbocycles. The van der Waals surface area contributed by atoms with Crippen molar-refractivity contribution >= 4 is 311 Å². The number of pyridine rings is 1. The fourth-order valence-electron chi connectivity index (χ4n) is 13.2. The molecule has 0 amide bonds. The van der Waals surface area contributed by atoms with Crippen LogP contribution in [0.4, 0.5) is 17.1 Å². The maximum atomic E-state index is 12.6. The zero-order valence-electron chi connectivity index (χ0n) is 73.8. The van der Waals surface area contributed by atoms with Crippen LogP contribution in [0.25, 0.3) is 104 Å². The number of methoxy groups -OCH3 is 5. The molecule has 0 radical (unpaired) electrons. The van der Waals surface area contributed by atoms with Gasteiger partial charge in [0, 0.05) is 94.4 Å². The number of carbonyl (C=O) groups excluding carboxylic acids is 4. The number of ether oxygens (including phenoxy) is 5. The molecule has 0 saturated heterocycles. The molecular formula is C92H87Br5Cl4MnN9O18PS5. The predicted octanol–water partition coefficient (Wildman–Crippen LogP) is 32.0. The van der Waals surface area contributed by atoms with Crippen molar-refractivity contribution in [2.45, 2.75) is 126 Å². The number of furan rings is 5. The van der Waals surface area contributed by atoms with Crippen molar-refractivity contribution in [3.05, 3.63) is 200 Å². The molecule has 0 bridgehead atoms. The van der Waals surface area contributed by atoms with Gasteiger partial charge in [-0.15, -0.1) is 56.7 Å². The number of nitrogens with one attached hydrogen (secondary N) is 1. The van der Waals surface area contributed by atoms with E-state index in [1.54, 1.807) is 130 Å². The van der Waals surface area contributed by atoms with Crippen molar-refractivity contribution in [2.75, 3.05) is 52.3 Å². The molecular weight excluding hydrogens is 2310 g/mol. The van der Waals surface area contributed by atoms with Crippen LogP contribution in [0.1, 0.15) is 202 Å². The number of allylic oxidation sites excluding steroid dienone is 1. The van der Waals surface area contributed by atoms with Crippen LogP contribution in [0.2, 0.25) is 5.02 Å². The standard InChI is InChI=1S/C19H16BrNO3S.C18H14BrClN2O2S.2C18H17BrN2O3S.C11H10BrNO3.C7H9NOS.CH4.Cl3OP.Mn.2O/c1-9(2)19-21-8-15(25-19)10-6-11-16-13(24-18(11)12(22)7-10)4-5-14(23-3)17(16)20;1-8(2)18-21-7-13(25-18)10-6-9(20)17-16(22-10)14-11(24-17)4-5-12(23-3)15(14)19;1-8(2)18-20-7-13(25-18)9-6-10(22)17-16(21-9)14-11(24-17)4-5-12(23-3)15(14)19;1-9(2)18-21-8-10(25-18)4-5-11(22)17-16(20)14-12(24-17)6-7-13(23-3)15(14)19;1-5(14)11-10(13)8-6(16-11)3-4-7(15-2)9(8)12;1-5(2)7-8-3-6(4-9)10-7;;1-5(2,3)4;;;/h4-9,22H,1-3H3;4-8H,1-3H3;4-5,7-9,21H,6H2,1-3H3;4-9H,20H2,1-3H3;3-4H,13H2,1-2H3;3-5H,1-2H3;1H4;;;;/b;;;5-4+;;;;;;;. The van der Waals surface area contributed by atoms with Gasteiger partial charge in [-0.1, -0.05) is 88.3 Å². The second-order valence-electron chi connectivity index (χ2n) is 30.4. The molecule has 6 N–H and O–H groups in total. The van der Waals surface area contributed by atoms with E-state index in [0.717, 1.165) is 114 Å². The van der Waals surface area contributed by atoms with E-state index >= 15 is 0 Å². The van der Waals surface area contributed by atoms with E-state index in [4.69, 9.17) is 81.5 Å². The first-order valence-electron chi connectivity index (χ1n) is 40.0. The first-order valence-corrected chi connectivity index (χ1v) is 53.8. The summed E-state index contributed by atoms with van der Waals surface area (Å²) in [7, 11) is 8.00. The molecule has 1 atom stereocenters. The van der Waals surface area contributed by atoms with Crippen molar-refractivity contribution in [1.29, 1.82) is 0 Å². The third-order valence-corrected chi connectivity index (χ3v) is 30.3. The van der Waals surface area contributed by atoms with E-state index in [-0.39, 0.29) is 48.1 Å². The Hall–Kier alpha value is -8.63. The number of aromatic nitrogens is 6. The summed E-state index contributed by atoms with van der Waals surface area (Å²) in [6, 6.07) is 23.5. The maximum absolute atomic E-state index is 12.6. The number of aromatic hydroxyl groups is 1. The third kappa shape index (κ3) is 25.3. The third-order valence-electron chi connectivity index (χ3n) is 19.6. The summed E-state index contributed by atoms with van der Waals surface area (Å²) >= 11 is 44.4. The Labute approximate surface area is 862 Å². The van der Waals surface area contributed by atoms with Gasteiger partial charge in [-0.05, 0) is 210 Å². The summed E-state index contributed by atoms with van der Waals surface area (Å²) in [4.78, 5) is 78.0. The van der Waals surface area contributed by atoms with Crippen LogP contribution in [0.3, 0.4) is 0 Å².